The van der Waals surface area contributed by atoms with E-state index in [1.165, 1.54) is 10.5 Å². The highest BCUT2D eigenvalue weighted by atomic mass is 32.2. The molecule has 4 aromatic rings. The Morgan fingerprint density at radius 1 is 0.906 bits per heavy atom. The molecular weight excluding hydrogens is 414 g/mol. The predicted molar refractivity (Wildman–Crippen MR) is 130 cm³/mol. The molecule has 0 saturated heterocycles. The molecule has 1 aliphatic heterocycles. The molecule has 6 heteroatoms. The monoisotopic (exact) mass is 437 g/mol. The van der Waals surface area contributed by atoms with E-state index in [9.17, 15) is 0 Å². The van der Waals surface area contributed by atoms with Gasteiger partial charge in [-0.05, 0) is 55.0 Å². The van der Waals surface area contributed by atoms with E-state index in [-0.39, 0.29) is 6.04 Å². The fourth-order valence-electron chi connectivity index (χ4n) is 3.60. The molecule has 3 heterocycles. The number of benzene rings is 2. The molecule has 0 radical (unpaired) electrons. The molecule has 1 aliphatic rings. The van der Waals surface area contributed by atoms with Crippen LogP contribution in [0.1, 0.15) is 22.9 Å². The van der Waals surface area contributed by atoms with Gasteiger partial charge in [0.15, 0.2) is 5.84 Å². The highest BCUT2D eigenvalue weighted by Gasteiger charge is 2.24. The third kappa shape index (κ3) is 4.22. The number of amidine groups is 1. The molecule has 0 spiro atoms. The summed E-state index contributed by atoms with van der Waals surface area (Å²) < 4.78 is 2.00. The van der Waals surface area contributed by atoms with Crippen molar-refractivity contribution in [1.82, 2.24) is 19.4 Å². The lowest BCUT2D eigenvalue weighted by Gasteiger charge is -2.30. The first-order valence-electron chi connectivity index (χ1n) is 10.4. The second-order valence-corrected chi connectivity index (χ2v) is 8.75. The summed E-state index contributed by atoms with van der Waals surface area (Å²) in [7, 11) is 2.05. The normalized spacial score (nSPS) is 15.9. The summed E-state index contributed by atoms with van der Waals surface area (Å²) in [4.78, 5) is 17.1. The molecule has 32 heavy (non-hydrogen) atoms. The van der Waals surface area contributed by atoms with E-state index in [0.29, 0.717) is 0 Å². The summed E-state index contributed by atoms with van der Waals surface area (Å²) in [6.07, 6.45) is 9.57. The van der Waals surface area contributed by atoms with E-state index in [2.05, 4.69) is 83.4 Å². The summed E-state index contributed by atoms with van der Waals surface area (Å²) >= 11 is 1.75. The highest BCUT2D eigenvalue weighted by molar-refractivity contribution is 8.03. The average Bonchev–Trinajstić information content (AvgIpc) is 3.38. The van der Waals surface area contributed by atoms with E-state index in [4.69, 9.17) is 4.99 Å². The minimum atomic E-state index is -0.0898. The molecule has 0 saturated carbocycles. The largest absolute Gasteiger partial charge is 0.322 e. The zero-order chi connectivity index (χ0) is 21.9. The van der Waals surface area contributed by atoms with Gasteiger partial charge in [-0.25, -0.2) is 4.98 Å². The van der Waals surface area contributed by atoms with Crippen molar-refractivity contribution >= 4 is 17.6 Å². The summed E-state index contributed by atoms with van der Waals surface area (Å²) in [5, 5.41) is 1.13. The molecule has 0 amide bonds. The fourth-order valence-corrected chi connectivity index (χ4v) is 4.53. The fraction of sp³-hybridized carbons (Fsp3) is 0.115. The van der Waals surface area contributed by atoms with Crippen LogP contribution < -0.4 is 0 Å². The first kappa shape index (κ1) is 20.3. The van der Waals surface area contributed by atoms with E-state index >= 15 is 0 Å². The lowest BCUT2D eigenvalue weighted by atomic mass is 10.1. The minimum Gasteiger partial charge on any atom is -0.322 e. The zero-order valence-electron chi connectivity index (χ0n) is 18.0. The van der Waals surface area contributed by atoms with Crippen LogP contribution in [0.3, 0.4) is 0 Å². The second kappa shape index (κ2) is 8.85. The van der Waals surface area contributed by atoms with Crippen molar-refractivity contribution < 1.29 is 0 Å². The number of imidazole rings is 1. The van der Waals surface area contributed by atoms with Crippen molar-refractivity contribution in [2.45, 2.75) is 17.9 Å². The van der Waals surface area contributed by atoms with Crippen LogP contribution in [0.15, 0.2) is 113 Å². The molecular formula is C26H23N5S. The first-order valence-corrected chi connectivity index (χ1v) is 11.3. The Morgan fingerprint density at radius 3 is 2.41 bits per heavy atom. The lowest BCUT2D eigenvalue weighted by molar-refractivity contribution is 0.628. The van der Waals surface area contributed by atoms with Gasteiger partial charge in [0.05, 0.1) is 17.4 Å². The smallest absolute Gasteiger partial charge is 0.155 e. The van der Waals surface area contributed by atoms with E-state index in [1.54, 1.807) is 24.3 Å². The standard InChI is InChI=1S/C26H23N5S/c1-19-6-12-22(13-7-19)32-25-17-24(29-26(30(25)2)23-5-3-4-14-28-23)20-8-10-21(11-9-20)31-16-15-27-18-31/h3-18,24H,1-2H3. The number of hydrogen-bond acceptors (Lipinski definition) is 5. The van der Waals surface area contributed by atoms with Crippen LogP contribution in [0.4, 0.5) is 0 Å². The number of aliphatic imine (C=N–C) groups is 1. The van der Waals surface area contributed by atoms with Gasteiger partial charge in [0.25, 0.3) is 0 Å². The number of pyridine rings is 1. The number of aryl methyl sites for hydroxylation is 1. The van der Waals surface area contributed by atoms with Crippen LogP contribution in [0, 0.1) is 6.92 Å². The van der Waals surface area contributed by atoms with Crippen molar-refractivity contribution in [2.75, 3.05) is 7.05 Å². The maximum absolute atomic E-state index is 5.07. The van der Waals surface area contributed by atoms with E-state index in [1.807, 2.05) is 35.2 Å². The summed E-state index contributed by atoms with van der Waals surface area (Å²) in [6.45, 7) is 2.11. The summed E-state index contributed by atoms with van der Waals surface area (Å²) in [5.74, 6) is 0.867. The number of hydrogen-bond donors (Lipinski definition) is 0. The molecule has 0 fully saturated rings. The topological polar surface area (TPSA) is 46.3 Å². The van der Waals surface area contributed by atoms with Gasteiger partial charge in [-0.1, -0.05) is 47.7 Å². The molecule has 0 bridgehead atoms. The Hall–Kier alpha value is -3.64. The van der Waals surface area contributed by atoms with Gasteiger partial charge >= 0.3 is 0 Å². The maximum Gasteiger partial charge on any atom is 0.155 e. The predicted octanol–water partition coefficient (Wildman–Crippen LogP) is 5.64. The third-order valence-electron chi connectivity index (χ3n) is 5.38. The van der Waals surface area contributed by atoms with Gasteiger partial charge in [0.1, 0.15) is 5.69 Å². The lowest BCUT2D eigenvalue weighted by Crippen LogP contribution is -2.30. The highest BCUT2D eigenvalue weighted by Crippen LogP contribution is 2.36. The summed E-state index contributed by atoms with van der Waals surface area (Å²) in [6, 6.07) is 22.9. The molecule has 1 unspecified atom stereocenters. The quantitative estimate of drug-likeness (QED) is 0.405. The van der Waals surface area contributed by atoms with Crippen LogP contribution in [0.25, 0.3) is 5.69 Å². The van der Waals surface area contributed by atoms with Crippen molar-refractivity contribution in [2.24, 2.45) is 4.99 Å². The SMILES string of the molecule is Cc1ccc(SC2=CC(c3ccc(-n4ccnc4)cc3)N=C(c3ccccn3)N2C)cc1. The Bertz CT molecular complexity index is 1240. The average molecular weight is 438 g/mol. The molecule has 5 nitrogen and oxygen atoms in total. The van der Waals surface area contributed by atoms with Gasteiger partial charge in [0.2, 0.25) is 0 Å². The maximum atomic E-state index is 5.07. The van der Waals surface area contributed by atoms with E-state index in [0.717, 1.165) is 27.8 Å². The number of rotatable bonds is 5. The van der Waals surface area contributed by atoms with Gasteiger partial charge in [-0.2, -0.15) is 0 Å². The number of nitrogens with zero attached hydrogens (tertiary/aromatic N) is 5. The third-order valence-corrected chi connectivity index (χ3v) is 6.51. The molecule has 1 atom stereocenters. The molecule has 5 rings (SSSR count). The van der Waals surface area contributed by atoms with Crippen LogP contribution in [-0.4, -0.2) is 32.3 Å². The van der Waals surface area contributed by atoms with Gasteiger partial charge in [-0.3, -0.25) is 9.98 Å². The Labute approximate surface area is 192 Å². The molecule has 158 valence electrons. The molecule has 0 aliphatic carbocycles. The van der Waals surface area contributed by atoms with Gasteiger partial charge in [0, 0.05) is 36.2 Å². The molecule has 2 aromatic carbocycles. The zero-order valence-corrected chi connectivity index (χ0v) is 18.8. The van der Waals surface area contributed by atoms with Crippen molar-refractivity contribution in [1.29, 1.82) is 0 Å². The Morgan fingerprint density at radius 2 is 1.72 bits per heavy atom. The van der Waals surface area contributed by atoms with Crippen molar-refractivity contribution in [3.8, 4) is 5.69 Å². The van der Waals surface area contributed by atoms with Crippen LogP contribution >= 0.6 is 11.8 Å². The van der Waals surface area contributed by atoms with Crippen molar-refractivity contribution in [3.05, 3.63) is 120 Å². The van der Waals surface area contributed by atoms with Gasteiger partial charge < -0.3 is 9.47 Å². The second-order valence-electron chi connectivity index (χ2n) is 7.65. The van der Waals surface area contributed by atoms with Crippen LogP contribution in [-0.2, 0) is 0 Å². The van der Waals surface area contributed by atoms with E-state index < -0.39 is 0 Å². The molecule has 2 aromatic heterocycles. The summed E-state index contributed by atoms with van der Waals surface area (Å²) in [5.41, 5.74) is 4.33. The number of thioether (sulfide) groups is 1. The number of aromatic nitrogens is 3. The van der Waals surface area contributed by atoms with Crippen molar-refractivity contribution in [3.63, 3.8) is 0 Å². The minimum absolute atomic E-state index is 0.0898. The Kier molecular flexibility index (Phi) is 5.60. The van der Waals surface area contributed by atoms with Gasteiger partial charge in [-0.15, -0.1) is 0 Å². The van der Waals surface area contributed by atoms with Crippen LogP contribution in [0.5, 0.6) is 0 Å². The van der Waals surface area contributed by atoms with Crippen LogP contribution in [0.2, 0.25) is 0 Å². The Balaban J connectivity index is 1.51. The first-order chi connectivity index (χ1) is 15.7. The molecule has 0 N–H and O–H groups in total.